The van der Waals surface area contributed by atoms with E-state index in [-0.39, 0.29) is 5.69 Å². The quantitative estimate of drug-likeness (QED) is 0.894. The molecule has 0 radical (unpaired) electrons. The topological polar surface area (TPSA) is 72.2 Å². The summed E-state index contributed by atoms with van der Waals surface area (Å²) in [6.07, 6.45) is 0. The maximum absolute atomic E-state index is 13.6. The van der Waals surface area contributed by atoms with E-state index in [4.69, 9.17) is 5.11 Å². The molecule has 0 saturated heterocycles. The summed E-state index contributed by atoms with van der Waals surface area (Å²) in [5.74, 6) is -3.37. The lowest BCUT2D eigenvalue weighted by molar-refractivity contribution is 0.0686. The number of aromatic nitrogens is 2. The minimum absolute atomic E-state index is 0.124. The monoisotopic (exact) mass is 266 g/mol. The van der Waals surface area contributed by atoms with Gasteiger partial charge in [0.25, 0.3) is 0 Å². The Labute approximate surface area is 105 Å². The van der Waals surface area contributed by atoms with E-state index in [2.05, 4.69) is 5.10 Å². The zero-order valence-electron chi connectivity index (χ0n) is 9.72. The van der Waals surface area contributed by atoms with E-state index in [1.165, 1.54) is 13.0 Å². The second kappa shape index (κ2) is 4.60. The van der Waals surface area contributed by atoms with E-state index in [0.29, 0.717) is 0 Å². The molecule has 1 aromatic heterocycles. The average molecular weight is 266 g/mol. The molecule has 19 heavy (non-hydrogen) atoms. The standard InChI is InChI=1S/C12H8F2N2O3/c1-6-5-9(17)10(12(18)19)15-16(6)11-7(13)3-2-4-8(11)14/h2-5H,1H3,(H,18,19). The number of halogens is 2. The molecule has 0 saturated carbocycles. The summed E-state index contributed by atoms with van der Waals surface area (Å²) in [6.45, 7) is 1.39. The number of rotatable bonds is 2. The van der Waals surface area contributed by atoms with Crippen LogP contribution in [0.15, 0.2) is 29.1 Å². The summed E-state index contributed by atoms with van der Waals surface area (Å²) in [7, 11) is 0. The lowest BCUT2D eigenvalue weighted by Crippen LogP contribution is -2.23. The summed E-state index contributed by atoms with van der Waals surface area (Å²) >= 11 is 0. The highest BCUT2D eigenvalue weighted by atomic mass is 19.1. The first-order valence-corrected chi connectivity index (χ1v) is 5.20. The van der Waals surface area contributed by atoms with Gasteiger partial charge < -0.3 is 5.11 Å². The van der Waals surface area contributed by atoms with Crippen LogP contribution in [0.4, 0.5) is 8.78 Å². The third kappa shape index (κ3) is 2.22. The van der Waals surface area contributed by atoms with Crippen LogP contribution >= 0.6 is 0 Å². The van der Waals surface area contributed by atoms with Crippen LogP contribution in [-0.2, 0) is 0 Å². The van der Waals surface area contributed by atoms with Gasteiger partial charge in [-0.1, -0.05) is 6.07 Å². The Morgan fingerprint density at radius 3 is 2.42 bits per heavy atom. The molecule has 5 nitrogen and oxygen atoms in total. The average Bonchev–Trinajstić information content (AvgIpc) is 2.30. The van der Waals surface area contributed by atoms with Gasteiger partial charge in [0, 0.05) is 11.8 Å². The lowest BCUT2D eigenvalue weighted by atomic mass is 10.2. The van der Waals surface area contributed by atoms with Crippen LogP contribution < -0.4 is 5.43 Å². The van der Waals surface area contributed by atoms with Crippen molar-refractivity contribution in [1.29, 1.82) is 0 Å². The number of nitrogens with zero attached hydrogens (tertiary/aromatic N) is 2. The van der Waals surface area contributed by atoms with Gasteiger partial charge in [-0.15, -0.1) is 0 Å². The molecular weight excluding hydrogens is 258 g/mol. The molecule has 7 heteroatoms. The van der Waals surface area contributed by atoms with E-state index in [1.807, 2.05) is 0 Å². The van der Waals surface area contributed by atoms with Gasteiger partial charge in [-0.2, -0.15) is 5.10 Å². The summed E-state index contributed by atoms with van der Waals surface area (Å²) in [5, 5.41) is 12.3. The molecule has 2 aromatic rings. The fourth-order valence-electron chi connectivity index (χ4n) is 1.61. The molecule has 0 fully saturated rings. The Hall–Kier alpha value is -2.57. The van der Waals surface area contributed by atoms with Crippen LogP contribution in [0.3, 0.4) is 0 Å². The molecule has 98 valence electrons. The van der Waals surface area contributed by atoms with Crippen molar-refractivity contribution < 1.29 is 18.7 Å². The number of carboxylic acids is 1. The van der Waals surface area contributed by atoms with Gasteiger partial charge in [0.2, 0.25) is 11.1 Å². The van der Waals surface area contributed by atoms with E-state index in [9.17, 15) is 18.4 Å². The SMILES string of the molecule is Cc1cc(=O)c(C(=O)O)nn1-c1c(F)cccc1F. The van der Waals surface area contributed by atoms with Crippen LogP contribution in [0.1, 0.15) is 16.2 Å². The normalized spacial score (nSPS) is 10.5. The predicted molar refractivity (Wildman–Crippen MR) is 61.4 cm³/mol. The van der Waals surface area contributed by atoms with E-state index < -0.39 is 34.4 Å². The minimum atomic E-state index is -1.56. The Morgan fingerprint density at radius 1 is 1.32 bits per heavy atom. The van der Waals surface area contributed by atoms with Crippen molar-refractivity contribution in [3.05, 3.63) is 57.5 Å². The summed E-state index contributed by atoms with van der Waals surface area (Å²) in [4.78, 5) is 22.2. The highest BCUT2D eigenvalue weighted by molar-refractivity contribution is 5.84. The molecule has 0 aliphatic rings. The summed E-state index contributed by atoms with van der Waals surface area (Å²) < 4.78 is 28.0. The first kappa shape index (κ1) is 12.9. The van der Waals surface area contributed by atoms with Crippen molar-refractivity contribution in [2.75, 3.05) is 0 Å². The number of carbonyl (C=O) groups is 1. The third-order valence-electron chi connectivity index (χ3n) is 2.46. The molecule has 2 rings (SSSR count). The minimum Gasteiger partial charge on any atom is -0.476 e. The van der Waals surface area contributed by atoms with Crippen molar-refractivity contribution in [2.45, 2.75) is 6.92 Å². The third-order valence-corrected chi connectivity index (χ3v) is 2.46. The Kier molecular flexibility index (Phi) is 3.12. The molecule has 0 atom stereocenters. The number of aryl methyl sites for hydroxylation is 1. The van der Waals surface area contributed by atoms with Crippen molar-refractivity contribution in [3.8, 4) is 5.69 Å². The van der Waals surface area contributed by atoms with E-state index in [0.717, 1.165) is 22.9 Å². The number of hydrogen-bond donors (Lipinski definition) is 1. The number of para-hydroxylation sites is 1. The maximum Gasteiger partial charge on any atom is 0.360 e. The van der Waals surface area contributed by atoms with Crippen molar-refractivity contribution in [3.63, 3.8) is 0 Å². The van der Waals surface area contributed by atoms with Crippen molar-refractivity contribution in [2.24, 2.45) is 0 Å². The zero-order valence-corrected chi connectivity index (χ0v) is 9.72. The van der Waals surface area contributed by atoms with Gasteiger partial charge in [0.1, 0.15) is 5.69 Å². The Balaban J connectivity index is 2.80. The second-order valence-corrected chi connectivity index (χ2v) is 3.79. The summed E-state index contributed by atoms with van der Waals surface area (Å²) in [5.41, 5.74) is -2.02. The second-order valence-electron chi connectivity index (χ2n) is 3.79. The van der Waals surface area contributed by atoms with Gasteiger partial charge >= 0.3 is 5.97 Å². The van der Waals surface area contributed by atoms with E-state index >= 15 is 0 Å². The van der Waals surface area contributed by atoms with E-state index in [1.54, 1.807) is 0 Å². The zero-order chi connectivity index (χ0) is 14.2. The number of hydrogen-bond acceptors (Lipinski definition) is 3. The van der Waals surface area contributed by atoms with Crippen LogP contribution in [0.2, 0.25) is 0 Å². The fourth-order valence-corrected chi connectivity index (χ4v) is 1.61. The fraction of sp³-hybridized carbons (Fsp3) is 0.0833. The van der Waals surface area contributed by atoms with Gasteiger partial charge in [0.15, 0.2) is 11.6 Å². The van der Waals surface area contributed by atoms with Gasteiger partial charge in [-0.05, 0) is 19.1 Å². The Morgan fingerprint density at radius 2 is 1.89 bits per heavy atom. The molecule has 1 heterocycles. The molecule has 1 aromatic carbocycles. The smallest absolute Gasteiger partial charge is 0.360 e. The van der Waals surface area contributed by atoms with Crippen LogP contribution in [0.5, 0.6) is 0 Å². The number of carboxylic acid groups (broad SMARTS) is 1. The van der Waals surface area contributed by atoms with Crippen LogP contribution in [-0.4, -0.2) is 20.9 Å². The van der Waals surface area contributed by atoms with Gasteiger partial charge in [-0.25, -0.2) is 18.3 Å². The first-order chi connectivity index (χ1) is 8.91. The molecule has 0 amide bonds. The lowest BCUT2D eigenvalue weighted by Gasteiger charge is -2.11. The Bertz CT molecular complexity index is 705. The van der Waals surface area contributed by atoms with Gasteiger partial charge in [-0.3, -0.25) is 4.79 Å². The largest absolute Gasteiger partial charge is 0.476 e. The predicted octanol–water partition coefficient (Wildman–Crippen LogP) is 1.52. The van der Waals surface area contributed by atoms with Crippen molar-refractivity contribution in [1.82, 2.24) is 9.78 Å². The molecule has 0 unspecified atom stereocenters. The van der Waals surface area contributed by atoms with Crippen LogP contribution in [0, 0.1) is 18.6 Å². The molecule has 0 spiro atoms. The number of aromatic carboxylic acids is 1. The van der Waals surface area contributed by atoms with Crippen molar-refractivity contribution >= 4 is 5.97 Å². The first-order valence-electron chi connectivity index (χ1n) is 5.20. The summed E-state index contributed by atoms with van der Waals surface area (Å²) in [6, 6.07) is 4.16. The molecule has 0 aliphatic carbocycles. The maximum atomic E-state index is 13.6. The molecule has 1 N–H and O–H groups in total. The molecular formula is C12H8F2N2O3. The number of benzene rings is 1. The molecule has 0 aliphatic heterocycles. The highest BCUT2D eigenvalue weighted by Gasteiger charge is 2.17. The molecule has 0 bridgehead atoms. The van der Waals surface area contributed by atoms with Gasteiger partial charge in [0.05, 0.1) is 0 Å². The van der Waals surface area contributed by atoms with Crippen LogP contribution in [0.25, 0.3) is 5.69 Å². The highest BCUT2D eigenvalue weighted by Crippen LogP contribution is 2.17.